The molecule has 1 fully saturated rings. The maximum Gasteiger partial charge on any atom is 0.0581 e. The van der Waals surface area contributed by atoms with Crippen molar-refractivity contribution in [1.29, 1.82) is 0 Å². The number of aliphatic hydroxyl groups excluding tert-OH is 1. The van der Waals surface area contributed by atoms with Crippen molar-refractivity contribution in [1.82, 2.24) is 0 Å². The average molecular weight is 168 g/mol. The van der Waals surface area contributed by atoms with Crippen molar-refractivity contribution in [3.05, 3.63) is 0 Å². The van der Waals surface area contributed by atoms with Gasteiger partial charge < -0.3 is 9.84 Å². The van der Waals surface area contributed by atoms with Crippen LogP contribution in [-0.2, 0) is 4.74 Å². The van der Waals surface area contributed by atoms with Gasteiger partial charge in [0.25, 0.3) is 0 Å². The highest BCUT2D eigenvalue weighted by Crippen LogP contribution is 2.33. The lowest BCUT2D eigenvalue weighted by molar-refractivity contribution is 0.122. The first-order chi connectivity index (χ1) is 5.77. The number of ether oxygens (including phenoxy) is 1. The van der Waals surface area contributed by atoms with Gasteiger partial charge in [0.1, 0.15) is 0 Å². The minimum absolute atomic E-state index is 0.207. The van der Waals surface area contributed by atoms with E-state index in [1.165, 1.54) is 0 Å². The van der Waals surface area contributed by atoms with Gasteiger partial charge in [0.05, 0.1) is 6.10 Å². The maximum atomic E-state index is 9.57. The van der Waals surface area contributed by atoms with Gasteiger partial charge in [-0.15, -0.1) is 12.3 Å². The Morgan fingerprint density at radius 2 is 2.33 bits per heavy atom. The summed E-state index contributed by atoms with van der Waals surface area (Å²) in [6.45, 7) is 0.748. The second-order valence-electron chi connectivity index (χ2n) is 3.53. The Morgan fingerprint density at radius 1 is 1.58 bits per heavy atom. The van der Waals surface area contributed by atoms with Crippen molar-refractivity contribution in [3.8, 4) is 12.3 Å². The summed E-state index contributed by atoms with van der Waals surface area (Å²) in [5.41, 5.74) is 0. The van der Waals surface area contributed by atoms with Crippen LogP contribution in [0.1, 0.15) is 19.3 Å². The normalized spacial score (nSPS) is 34.9. The molecule has 3 atom stereocenters. The van der Waals surface area contributed by atoms with Gasteiger partial charge in [0, 0.05) is 20.1 Å². The zero-order chi connectivity index (χ0) is 8.97. The van der Waals surface area contributed by atoms with E-state index in [2.05, 4.69) is 5.92 Å². The molecule has 68 valence electrons. The van der Waals surface area contributed by atoms with Gasteiger partial charge in [-0.1, -0.05) is 0 Å². The molecule has 1 aliphatic rings. The Labute approximate surface area is 73.9 Å². The lowest BCUT2D eigenvalue weighted by Crippen LogP contribution is -2.11. The Bertz CT molecular complexity index is 171. The van der Waals surface area contributed by atoms with Gasteiger partial charge in [0.2, 0.25) is 0 Å². The fourth-order valence-electron chi connectivity index (χ4n) is 1.96. The number of terminal acetylenes is 1. The second kappa shape index (κ2) is 4.49. The largest absolute Gasteiger partial charge is 0.393 e. The number of rotatable bonds is 3. The molecular formula is C10H16O2. The van der Waals surface area contributed by atoms with Crippen LogP contribution < -0.4 is 0 Å². The van der Waals surface area contributed by atoms with Gasteiger partial charge in [-0.2, -0.15) is 0 Å². The fourth-order valence-corrected chi connectivity index (χ4v) is 1.96. The smallest absolute Gasteiger partial charge is 0.0581 e. The quantitative estimate of drug-likeness (QED) is 0.638. The second-order valence-corrected chi connectivity index (χ2v) is 3.53. The van der Waals surface area contributed by atoms with E-state index in [0.29, 0.717) is 18.3 Å². The molecule has 0 spiro atoms. The van der Waals surface area contributed by atoms with E-state index >= 15 is 0 Å². The van der Waals surface area contributed by atoms with Crippen LogP contribution in [0.2, 0.25) is 0 Å². The van der Waals surface area contributed by atoms with Crippen molar-refractivity contribution in [2.75, 3.05) is 13.7 Å². The molecule has 0 amide bonds. The highest BCUT2D eigenvalue weighted by molar-refractivity contribution is 4.93. The van der Waals surface area contributed by atoms with Crippen LogP contribution in [0, 0.1) is 24.2 Å². The molecule has 12 heavy (non-hydrogen) atoms. The number of hydrogen-bond donors (Lipinski definition) is 1. The van der Waals surface area contributed by atoms with Crippen LogP contribution in [0.4, 0.5) is 0 Å². The van der Waals surface area contributed by atoms with Crippen LogP contribution >= 0.6 is 0 Å². The molecule has 1 saturated carbocycles. The summed E-state index contributed by atoms with van der Waals surface area (Å²) in [5, 5.41) is 9.57. The van der Waals surface area contributed by atoms with E-state index in [-0.39, 0.29) is 6.10 Å². The Kier molecular flexibility index (Phi) is 3.58. The molecule has 0 aromatic heterocycles. The van der Waals surface area contributed by atoms with Gasteiger partial charge in [-0.05, 0) is 24.7 Å². The molecule has 1 N–H and O–H groups in total. The first-order valence-corrected chi connectivity index (χ1v) is 4.38. The van der Waals surface area contributed by atoms with Crippen LogP contribution in [0.5, 0.6) is 0 Å². The molecule has 3 unspecified atom stereocenters. The Balaban J connectivity index is 2.35. The number of methoxy groups -OCH3 is 1. The summed E-state index contributed by atoms with van der Waals surface area (Å²) >= 11 is 0. The molecule has 2 heteroatoms. The molecular weight excluding hydrogens is 152 g/mol. The molecule has 0 aromatic carbocycles. The van der Waals surface area contributed by atoms with Crippen LogP contribution in [0.3, 0.4) is 0 Å². The van der Waals surface area contributed by atoms with E-state index in [1.807, 2.05) is 0 Å². The van der Waals surface area contributed by atoms with Gasteiger partial charge >= 0.3 is 0 Å². The SMILES string of the molecule is C#CCC1CC(COC)CC1O. The van der Waals surface area contributed by atoms with E-state index < -0.39 is 0 Å². The number of aliphatic hydroxyl groups is 1. The van der Waals surface area contributed by atoms with Crippen molar-refractivity contribution in [3.63, 3.8) is 0 Å². The van der Waals surface area contributed by atoms with Crippen molar-refractivity contribution in [2.24, 2.45) is 11.8 Å². The summed E-state index contributed by atoms with van der Waals surface area (Å²) in [7, 11) is 1.70. The third kappa shape index (κ3) is 2.23. The summed E-state index contributed by atoms with van der Waals surface area (Å²) in [6.07, 6.45) is 7.55. The molecule has 1 rings (SSSR count). The van der Waals surface area contributed by atoms with E-state index in [9.17, 15) is 5.11 Å². The summed E-state index contributed by atoms with van der Waals surface area (Å²) in [5.74, 6) is 3.41. The molecule has 0 heterocycles. The molecule has 0 aliphatic heterocycles. The van der Waals surface area contributed by atoms with Crippen LogP contribution in [-0.4, -0.2) is 24.9 Å². The fraction of sp³-hybridized carbons (Fsp3) is 0.800. The molecule has 0 radical (unpaired) electrons. The van der Waals surface area contributed by atoms with E-state index in [0.717, 1.165) is 19.4 Å². The highest BCUT2D eigenvalue weighted by atomic mass is 16.5. The zero-order valence-electron chi connectivity index (χ0n) is 7.49. The third-order valence-electron chi connectivity index (χ3n) is 2.54. The first-order valence-electron chi connectivity index (χ1n) is 4.38. The minimum atomic E-state index is -0.207. The van der Waals surface area contributed by atoms with Gasteiger partial charge in [-0.3, -0.25) is 0 Å². The summed E-state index contributed by atoms with van der Waals surface area (Å²) < 4.78 is 5.04. The molecule has 1 aliphatic carbocycles. The minimum Gasteiger partial charge on any atom is -0.393 e. The first kappa shape index (κ1) is 9.57. The predicted octanol–water partition coefficient (Wildman–Crippen LogP) is 1.04. The lowest BCUT2D eigenvalue weighted by atomic mass is 10.0. The molecule has 0 saturated heterocycles. The summed E-state index contributed by atoms with van der Waals surface area (Å²) in [4.78, 5) is 0. The lowest BCUT2D eigenvalue weighted by Gasteiger charge is -2.08. The van der Waals surface area contributed by atoms with E-state index in [4.69, 9.17) is 11.2 Å². The molecule has 2 nitrogen and oxygen atoms in total. The van der Waals surface area contributed by atoms with Crippen molar-refractivity contribution < 1.29 is 9.84 Å². The van der Waals surface area contributed by atoms with Crippen molar-refractivity contribution in [2.45, 2.75) is 25.4 Å². The van der Waals surface area contributed by atoms with Crippen molar-refractivity contribution >= 4 is 0 Å². The van der Waals surface area contributed by atoms with Gasteiger partial charge in [0.15, 0.2) is 0 Å². The van der Waals surface area contributed by atoms with E-state index in [1.54, 1.807) is 7.11 Å². The zero-order valence-corrected chi connectivity index (χ0v) is 7.49. The predicted molar refractivity (Wildman–Crippen MR) is 47.5 cm³/mol. The highest BCUT2D eigenvalue weighted by Gasteiger charge is 2.31. The van der Waals surface area contributed by atoms with Crippen LogP contribution in [0.25, 0.3) is 0 Å². The van der Waals surface area contributed by atoms with Crippen LogP contribution in [0.15, 0.2) is 0 Å². The third-order valence-corrected chi connectivity index (χ3v) is 2.54. The standard InChI is InChI=1S/C10H16O2/c1-3-4-9-5-8(7-12-2)6-10(9)11/h1,8-11H,4-7H2,2H3. The number of hydrogen-bond acceptors (Lipinski definition) is 2. The maximum absolute atomic E-state index is 9.57. The summed E-state index contributed by atoms with van der Waals surface area (Å²) in [6, 6.07) is 0. The Morgan fingerprint density at radius 3 is 2.92 bits per heavy atom. The Hall–Kier alpha value is -0.520. The van der Waals surface area contributed by atoms with Gasteiger partial charge in [-0.25, -0.2) is 0 Å². The topological polar surface area (TPSA) is 29.5 Å². The average Bonchev–Trinajstić information content (AvgIpc) is 2.34. The monoisotopic (exact) mass is 168 g/mol. The molecule has 0 aromatic rings. The molecule has 0 bridgehead atoms.